The van der Waals surface area contributed by atoms with E-state index in [-0.39, 0.29) is 24.7 Å². The topological polar surface area (TPSA) is 68.5 Å². The molecule has 0 spiro atoms. The van der Waals surface area contributed by atoms with Crippen LogP contribution in [0.3, 0.4) is 0 Å². The Hall–Kier alpha value is -1.50. The lowest BCUT2D eigenvalue weighted by molar-refractivity contribution is -0.111. The number of rotatable bonds is 8. The first-order valence-electron chi connectivity index (χ1n) is 7.09. The molecule has 0 fully saturated rings. The number of hydrogen-bond acceptors (Lipinski definition) is 4. The summed E-state index contributed by atoms with van der Waals surface area (Å²) in [6.07, 6.45) is 0.694. The predicted octanol–water partition coefficient (Wildman–Crippen LogP) is 4.55. The number of furan rings is 1. The Morgan fingerprint density at radius 3 is 2.75 bits per heavy atom. The first-order valence-corrected chi connectivity index (χ1v) is 8.63. The quantitative estimate of drug-likeness (QED) is 0.488. The van der Waals surface area contributed by atoms with Gasteiger partial charge in [0.2, 0.25) is 5.24 Å². The Labute approximate surface area is 157 Å². The van der Waals surface area contributed by atoms with E-state index in [1.807, 2.05) is 6.07 Å². The average molecular weight is 435 g/mol. The number of amides is 1. The maximum atomic E-state index is 11.9. The molecule has 0 aliphatic rings. The lowest BCUT2D eigenvalue weighted by Gasteiger charge is -2.06. The number of hydrogen-bond donors (Lipinski definition) is 1. The van der Waals surface area contributed by atoms with E-state index in [9.17, 15) is 9.59 Å². The summed E-state index contributed by atoms with van der Waals surface area (Å²) in [7, 11) is 0. The van der Waals surface area contributed by atoms with Crippen molar-refractivity contribution in [2.75, 3.05) is 6.54 Å². The van der Waals surface area contributed by atoms with Crippen LogP contribution in [0.2, 0.25) is 5.02 Å². The third-order valence-corrected chi connectivity index (χ3v) is 3.96. The minimum Gasteiger partial charge on any atom is -0.484 e. The molecule has 1 aromatic heterocycles. The highest BCUT2D eigenvalue weighted by molar-refractivity contribution is 9.10. The third-order valence-electron chi connectivity index (χ3n) is 2.98. The fraction of sp³-hybridized carbons (Fsp3) is 0.250. The fourth-order valence-corrected chi connectivity index (χ4v) is 2.70. The molecule has 0 unspecified atom stereocenters. The number of halogens is 3. The molecule has 2 aromatic rings. The van der Waals surface area contributed by atoms with E-state index in [2.05, 4.69) is 21.2 Å². The standard InChI is InChI=1S/C16H14BrCl2NO4/c17-10-3-5-13(12(18)8-10)23-9-11-4-6-14(24-11)16(22)20-7-1-2-15(19)21/h3-6,8H,1-2,7,9H2,(H,20,22). The zero-order valence-corrected chi connectivity index (χ0v) is 15.6. The summed E-state index contributed by atoms with van der Waals surface area (Å²) in [6, 6.07) is 8.49. The summed E-state index contributed by atoms with van der Waals surface area (Å²) in [5.41, 5.74) is 0. The van der Waals surface area contributed by atoms with E-state index in [0.717, 1.165) is 4.47 Å². The molecule has 0 saturated carbocycles. The molecule has 1 amide bonds. The van der Waals surface area contributed by atoms with Crippen molar-refractivity contribution >= 4 is 50.3 Å². The number of carbonyl (C=O) groups is 2. The van der Waals surface area contributed by atoms with Gasteiger partial charge in [0.15, 0.2) is 5.76 Å². The van der Waals surface area contributed by atoms with Crippen LogP contribution in [0.1, 0.15) is 29.2 Å². The second-order valence-corrected chi connectivity index (χ2v) is 6.59. The van der Waals surface area contributed by atoms with Crippen LogP contribution < -0.4 is 10.1 Å². The zero-order valence-electron chi connectivity index (χ0n) is 12.5. The van der Waals surface area contributed by atoms with Gasteiger partial charge in [0.1, 0.15) is 18.1 Å². The highest BCUT2D eigenvalue weighted by Gasteiger charge is 2.12. The molecule has 1 heterocycles. The third kappa shape index (κ3) is 5.85. The Morgan fingerprint density at radius 1 is 1.25 bits per heavy atom. The van der Waals surface area contributed by atoms with Crippen molar-refractivity contribution in [3.63, 3.8) is 0 Å². The van der Waals surface area contributed by atoms with Crippen LogP contribution in [-0.4, -0.2) is 17.7 Å². The minimum atomic E-state index is -0.423. The van der Waals surface area contributed by atoms with Crippen molar-refractivity contribution in [1.29, 1.82) is 0 Å². The molecule has 8 heteroatoms. The summed E-state index contributed by atoms with van der Waals surface area (Å²) < 4.78 is 11.8. The lowest BCUT2D eigenvalue weighted by atomic mass is 10.3. The van der Waals surface area contributed by atoms with Crippen LogP contribution in [0, 0.1) is 0 Å². The lowest BCUT2D eigenvalue weighted by Crippen LogP contribution is -2.24. The number of carbonyl (C=O) groups excluding carboxylic acids is 2. The van der Waals surface area contributed by atoms with Gasteiger partial charge in [-0.2, -0.15) is 0 Å². The molecule has 0 saturated heterocycles. The smallest absolute Gasteiger partial charge is 0.286 e. The normalized spacial score (nSPS) is 10.5. The van der Waals surface area contributed by atoms with Crippen molar-refractivity contribution < 1.29 is 18.7 Å². The van der Waals surface area contributed by atoms with Crippen molar-refractivity contribution in [2.24, 2.45) is 0 Å². The molecule has 128 valence electrons. The van der Waals surface area contributed by atoms with Gasteiger partial charge in [-0.3, -0.25) is 9.59 Å². The van der Waals surface area contributed by atoms with E-state index >= 15 is 0 Å². The fourth-order valence-electron chi connectivity index (χ4n) is 1.84. The van der Waals surface area contributed by atoms with Crippen molar-refractivity contribution in [3.05, 3.63) is 51.3 Å². The van der Waals surface area contributed by atoms with E-state index < -0.39 is 5.24 Å². The number of ether oxygens (including phenoxy) is 1. The van der Waals surface area contributed by atoms with E-state index in [4.69, 9.17) is 32.4 Å². The highest BCUT2D eigenvalue weighted by atomic mass is 79.9. The maximum Gasteiger partial charge on any atom is 0.286 e. The van der Waals surface area contributed by atoms with Crippen LogP contribution in [0.15, 0.2) is 39.2 Å². The summed E-state index contributed by atoms with van der Waals surface area (Å²) in [5.74, 6) is 0.834. The van der Waals surface area contributed by atoms with Crippen LogP contribution in [0.4, 0.5) is 0 Å². The first kappa shape index (κ1) is 18.8. The summed E-state index contributed by atoms with van der Waals surface area (Å²) in [5, 5.41) is 2.70. The Kier molecular flexibility index (Phi) is 7.15. The second kappa shape index (κ2) is 9.11. The van der Waals surface area contributed by atoms with Gasteiger partial charge in [-0.15, -0.1) is 0 Å². The van der Waals surface area contributed by atoms with Gasteiger partial charge in [0.25, 0.3) is 5.91 Å². The molecule has 5 nitrogen and oxygen atoms in total. The van der Waals surface area contributed by atoms with Gasteiger partial charge in [-0.1, -0.05) is 27.5 Å². The van der Waals surface area contributed by atoms with E-state index in [1.54, 1.807) is 24.3 Å². The second-order valence-electron chi connectivity index (χ2n) is 4.84. The molecule has 0 aliphatic carbocycles. The van der Waals surface area contributed by atoms with Crippen LogP contribution >= 0.6 is 39.1 Å². The summed E-state index contributed by atoms with van der Waals surface area (Å²) in [6.45, 7) is 0.494. The SMILES string of the molecule is O=C(Cl)CCCNC(=O)c1ccc(COc2ccc(Br)cc2Cl)o1. The highest BCUT2D eigenvalue weighted by Crippen LogP contribution is 2.28. The maximum absolute atomic E-state index is 11.9. The van der Waals surface area contributed by atoms with E-state index in [0.29, 0.717) is 29.5 Å². The molecular formula is C16H14BrCl2NO4. The Balaban J connectivity index is 1.84. The van der Waals surface area contributed by atoms with Crippen molar-refractivity contribution in [3.8, 4) is 5.75 Å². The van der Waals surface area contributed by atoms with Crippen LogP contribution in [-0.2, 0) is 11.4 Å². The molecular weight excluding hydrogens is 421 g/mol. The van der Waals surface area contributed by atoms with E-state index in [1.165, 1.54) is 0 Å². The molecule has 0 radical (unpaired) electrons. The summed E-state index contributed by atoms with van der Waals surface area (Å²) in [4.78, 5) is 22.5. The van der Waals surface area contributed by atoms with Gasteiger partial charge in [-0.25, -0.2) is 0 Å². The molecule has 1 aromatic carbocycles. The molecule has 1 N–H and O–H groups in total. The monoisotopic (exact) mass is 433 g/mol. The minimum absolute atomic E-state index is 0.148. The summed E-state index contributed by atoms with van der Waals surface area (Å²) >= 11 is 14.6. The average Bonchev–Trinajstić information content (AvgIpc) is 2.99. The van der Waals surface area contributed by atoms with Gasteiger partial charge >= 0.3 is 0 Å². The van der Waals surface area contributed by atoms with Crippen LogP contribution in [0.25, 0.3) is 0 Å². The Bertz CT molecular complexity index is 733. The molecule has 0 atom stereocenters. The molecule has 24 heavy (non-hydrogen) atoms. The number of benzene rings is 1. The Morgan fingerprint density at radius 2 is 2.04 bits per heavy atom. The first-order chi connectivity index (χ1) is 11.5. The molecule has 0 aliphatic heterocycles. The molecule has 0 bridgehead atoms. The largest absolute Gasteiger partial charge is 0.484 e. The van der Waals surface area contributed by atoms with Gasteiger partial charge in [0.05, 0.1) is 5.02 Å². The van der Waals surface area contributed by atoms with Gasteiger partial charge in [0, 0.05) is 17.4 Å². The van der Waals surface area contributed by atoms with Crippen molar-refractivity contribution in [2.45, 2.75) is 19.4 Å². The number of nitrogens with one attached hydrogen (secondary N) is 1. The van der Waals surface area contributed by atoms with Gasteiger partial charge in [-0.05, 0) is 48.4 Å². The zero-order chi connectivity index (χ0) is 17.5. The molecule has 2 rings (SSSR count). The van der Waals surface area contributed by atoms with Crippen molar-refractivity contribution in [1.82, 2.24) is 5.32 Å². The van der Waals surface area contributed by atoms with Gasteiger partial charge < -0.3 is 14.5 Å². The van der Waals surface area contributed by atoms with Crippen LogP contribution in [0.5, 0.6) is 5.75 Å². The predicted molar refractivity (Wildman–Crippen MR) is 94.6 cm³/mol.